The zero-order valence-corrected chi connectivity index (χ0v) is 13.4. The number of fused-ring (bicyclic) bond motifs is 1. The lowest BCUT2D eigenvalue weighted by Crippen LogP contribution is -2.27. The van der Waals surface area contributed by atoms with E-state index in [2.05, 4.69) is 16.2 Å². The van der Waals surface area contributed by atoms with E-state index in [1.807, 2.05) is 0 Å². The average Bonchev–Trinajstić information content (AvgIpc) is 3.39. The quantitative estimate of drug-likeness (QED) is 0.722. The van der Waals surface area contributed by atoms with Gasteiger partial charge in [-0.15, -0.1) is 5.10 Å². The molecule has 3 aromatic rings. The number of amides is 1. The highest BCUT2D eigenvalue weighted by Gasteiger charge is 2.22. The van der Waals surface area contributed by atoms with Gasteiger partial charge in [0.1, 0.15) is 18.0 Å². The van der Waals surface area contributed by atoms with Crippen molar-refractivity contribution in [3.63, 3.8) is 0 Å². The van der Waals surface area contributed by atoms with Gasteiger partial charge in [0.15, 0.2) is 12.3 Å². The third-order valence-electron chi connectivity index (χ3n) is 4.10. The van der Waals surface area contributed by atoms with Crippen LogP contribution in [0.15, 0.2) is 34.9 Å². The summed E-state index contributed by atoms with van der Waals surface area (Å²) in [6.07, 6.45) is 3.41. The van der Waals surface area contributed by atoms with Gasteiger partial charge in [-0.3, -0.25) is 4.79 Å². The standard InChI is InChI=1S/C17H15N5O3/c18-9-13-4-3-12-5-6-15(20-22(12)13)25-11-16-19-14(10-24-16)17(23)21-7-1-2-8-21/h3-6,10H,1-2,7-8,11H2. The molecule has 25 heavy (non-hydrogen) atoms. The fraction of sp³-hybridized carbons (Fsp3) is 0.294. The smallest absolute Gasteiger partial charge is 0.275 e. The molecule has 0 aliphatic carbocycles. The molecular weight excluding hydrogens is 322 g/mol. The van der Waals surface area contributed by atoms with Crippen LogP contribution >= 0.6 is 0 Å². The summed E-state index contributed by atoms with van der Waals surface area (Å²) in [7, 11) is 0. The summed E-state index contributed by atoms with van der Waals surface area (Å²) in [6, 6.07) is 9.07. The number of nitriles is 1. The van der Waals surface area contributed by atoms with Crippen LogP contribution in [0.2, 0.25) is 0 Å². The Labute approximate surface area is 143 Å². The van der Waals surface area contributed by atoms with Crippen molar-refractivity contribution in [1.29, 1.82) is 5.26 Å². The molecular formula is C17H15N5O3. The summed E-state index contributed by atoms with van der Waals surface area (Å²) in [5, 5.41) is 13.3. The molecule has 0 saturated carbocycles. The molecule has 8 nitrogen and oxygen atoms in total. The van der Waals surface area contributed by atoms with E-state index < -0.39 is 0 Å². The van der Waals surface area contributed by atoms with E-state index in [-0.39, 0.29) is 12.5 Å². The molecule has 4 heterocycles. The molecule has 0 aromatic carbocycles. The predicted molar refractivity (Wildman–Crippen MR) is 85.9 cm³/mol. The van der Waals surface area contributed by atoms with Gasteiger partial charge < -0.3 is 14.1 Å². The van der Waals surface area contributed by atoms with Crippen molar-refractivity contribution in [2.75, 3.05) is 13.1 Å². The number of likely N-dealkylation sites (tertiary alicyclic amines) is 1. The van der Waals surface area contributed by atoms with Crippen molar-refractivity contribution in [1.82, 2.24) is 19.5 Å². The van der Waals surface area contributed by atoms with Gasteiger partial charge in [0.05, 0.1) is 5.52 Å². The number of carbonyl (C=O) groups excluding carboxylic acids is 1. The van der Waals surface area contributed by atoms with Crippen molar-refractivity contribution >= 4 is 11.4 Å². The molecule has 0 bridgehead atoms. The van der Waals surface area contributed by atoms with Crippen molar-refractivity contribution in [3.05, 3.63) is 47.8 Å². The van der Waals surface area contributed by atoms with Crippen LogP contribution in [0.4, 0.5) is 0 Å². The molecule has 1 fully saturated rings. The van der Waals surface area contributed by atoms with Crippen LogP contribution in [-0.4, -0.2) is 38.5 Å². The summed E-state index contributed by atoms with van der Waals surface area (Å²) < 4.78 is 12.4. The Morgan fingerprint density at radius 3 is 2.88 bits per heavy atom. The first-order chi connectivity index (χ1) is 12.2. The van der Waals surface area contributed by atoms with E-state index in [1.165, 1.54) is 10.8 Å². The lowest BCUT2D eigenvalue weighted by Gasteiger charge is -2.12. The molecule has 3 aromatic heterocycles. The molecule has 1 amide bonds. The zero-order valence-electron chi connectivity index (χ0n) is 13.4. The maximum Gasteiger partial charge on any atom is 0.275 e. The number of ether oxygens (including phenoxy) is 1. The van der Waals surface area contributed by atoms with Crippen LogP contribution in [-0.2, 0) is 6.61 Å². The lowest BCUT2D eigenvalue weighted by atomic mass is 10.4. The predicted octanol–water partition coefficient (Wildman–Crippen LogP) is 2.01. The van der Waals surface area contributed by atoms with Gasteiger partial charge in [-0.2, -0.15) is 5.26 Å². The lowest BCUT2D eigenvalue weighted by molar-refractivity contribution is 0.0787. The highest BCUT2D eigenvalue weighted by molar-refractivity contribution is 5.92. The Morgan fingerprint density at radius 1 is 1.28 bits per heavy atom. The second-order valence-corrected chi connectivity index (χ2v) is 5.75. The number of hydrogen-bond donors (Lipinski definition) is 0. The Hall–Kier alpha value is -3.34. The maximum atomic E-state index is 12.2. The second-order valence-electron chi connectivity index (χ2n) is 5.75. The number of carbonyl (C=O) groups is 1. The summed E-state index contributed by atoms with van der Waals surface area (Å²) in [4.78, 5) is 18.2. The van der Waals surface area contributed by atoms with E-state index in [9.17, 15) is 4.79 Å². The van der Waals surface area contributed by atoms with Crippen LogP contribution in [0, 0.1) is 11.3 Å². The van der Waals surface area contributed by atoms with Crippen LogP contribution in [0.1, 0.15) is 34.9 Å². The van der Waals surface area contributed by atoms with E-state index in [4.69, 9.17) is 14.4 Å². The Balaban J connectivity index is 1.45. The summed E-state index contributed by atoms with van der Waals surface area (Å²) in [6.45, 7) is 1.58. The number of aromatic nitrogens is 3. The molecule has 126 valence electrons. The van der Waals surface area contributed by atoms with Crippen LogP contribution in [0.5, 0.6) is 5.88 Å². The van der Waals surface area contributed by atoms with Crippen molar-refractivity contribution in [2.24, 2.45) is 0 Å². The molecule has 1 aliphatic heterocycles. The van der Waals surface area contributed by atoms with E-state index >= 15 is 0 Å². The fourth-order valence-corrected chi connectivity index (χ4v) is 2.83. The third-order valence-corrected chi connectivity index (χ3v) is 4.10. The Bertz CT molecular complexity index is 962. The number of oxazole rings is 1. The number of nitrogens with zero attached hydrogens (tertiary/aromatic N) is 5. The van der Waals surface area contributed by atoms with Gasteiger partial charge in [-0.25, -0.2) is 9.50 Å². The normalized spacial score (nSPS) is 14.0. The topological polar surface area (TPSA) is 96.7 Å². The SMILES string of the molecule is N#Cc1ccc2ccc(OCc3nc(C(=O)N4CCCC4)co3)nn12. The fourth-order valence-electron chi connectivity index (χ4n) is 2.83. The Morgan fingerprint density at radius 2 is 2.08 bits per heavy atom. The molecule has 0 atom stereocenters. The summed E-state index contributed by atoms with van der Waals surface area (Å²) >= 11 is 0. The second kappa shape index (κ2) is 6.28. The molecule has 1 saturated heterocycles. The molecule has 0 unspecified atom stereocenters. The zero-order chi connectivity index (χ0) is 17.2. The first-order valence-corrected chi connectivity index (χ1v) is 8.00. The number of hydrogen-bond acceptors (Lipinski definition) is 6. The Kier molecular flexibility index (Phi) is 3.82. The monoisotopic (exact) mass is 337 g/mol. The first-order valence-electron chi connectivity index (χ1n) is 8.00. The minimum atomic E-state index is -0.113. The van der Waals surface area contributed by atoms with Crippen molar-refractivity contribution in [2.45, 2.75) is 19.4 Å². The average molecular weight is 337 g/mol. The highest BCUT2D eigenvalue weighted by Crippen LogP contribution is 2.16. The molecule has 4 rings (SSSR count). The van der Waals surface area contributed by atoms with Crippen LogP contribution in [0.3, 0.4) is 0 Å². The summed E-state index contributed by atoms with van der Waals surface area (Å²) in [5.74, 6) is 0.529. The van der Waals surface area contributed by atoms with E-state index in [0.717, 1.165) is 31.4 Å². The maximum absolute atomic E-state index is 12.2. The van der Waals surface area contributed by atoms with Gasteiger partial charge in [0.2, 0.25) is 11.8 Å². The number of rotatable bonds is 4. The molecule has 8 heteroatoms. The molecule has 0 radical (unpaired) electrons. The van der Waals surface area contributed by atoms with Gasteiger partial charge in [0, 0.05) is 19.2 Å². The van der Waals surface area contributed by atoms with Crippen LogP contribution in [0.25, 0.3) is 5.52 Å². The van der Waals surface area contributed by atoms with Crippen molar-refractivity contribution in [3.8, 4) is 11.9 Å². The third kappa shape index (κ3) is 2.92. The van der Waals surface area contributed by atoms with Crippen LogP contribution < -0.4 is 4.74 Å². The highest BCUT2D eigenvalue weighted by atomic mass is 16.5. The largest absolute Gasteiger partial charge is 0.467 e. The minimum Gasteiger partial charge on any atom is -0.467 e. The van der Waals surface area contributed by atoms with Gasteiger partial charge in [-0.1, -0.05) is 0 Å². The molecule has 1 aliphatic rings. The molecule has 0 spiro atoms. The van der Waals surface area contributed by atoms with E-state index in [0.29, 0.717) is 23.2 Å². The first kappa shape index (κ1) is 15.2. The van der Waals surface area contributed by atoms with Gasteiger partial charge >= 0.3 is 0 Å². The van der Waals surface area contributed by atoms with E-state index in [1.54, 1.807) is 29.2 Å². The minimum absolute atomic E-state index is 0.0505. The van der Waals surface area contributed by atoms with Gasteiger partial charge in [0.25, 0.3) is 5.91 Å². The van der Waals surface area contributed by atoms with Gasteiger partial charge in [-0.05, 0) is 31.0 Å². The molecule has 0 N–H and O–H groups in total. The van der Waals surface area contributed by atoms with Crippen molar-refractivity contribution < 1.29 is 13.9 Å². The summed E-state index contributed by atoms with van der Waals surface area (Å²) in [5.41, 5.74) is 1.52.